The van der Waals surface area contributed by atoms with Crippen molar-refractivity contribution in [2.24, 2.45) is 5.41 Å². The molecule has 41 heavy (non-hydrogen) atoms. The van der Waals surface area contributed by atoms with Crippen molar-refractivity contribution in [1.29, 1.82) is 0 Å². The molecule has 0 fully saturated rings. The minimum absolute atomic E-state index is 0.0490. The molecule has 0 atom stereocenters. The maximum absolute atomic E-state index is 13.7. The van der Waals surface area contributed by atoms with E-state index in [-0.39, 0.29) is 17.3 Å². The molecular weight excluding hydrogens is 516 g/mol. The Bertz CT molecular complexity index is 1720. The molecule has 0 radical (unpaired) electrons. The molecule has 0 saturated heterocycles. The van der Waals surface area contributed by atoms with E-state index in [4.69, 9.17) is 0 Å². The fourth-order valence-corrected chi connectivity index (χ4v) is 5.84. The predicted molar refractivity (Wildman–Crippen MR) is 156 cm³/mol. The van der Waals surface area contributed by atoms with Crippen LogP contribution in [0.2, 0.25) is 0 Å². The second-order valence-electron chi connectivity index (χ2n) is 10.9. The molecule has 2 heterocycles. The van der Waals surface area contributed by atoms with Crippen molar-refractivity contribution in [3.63, 3.8) is 0 Å². The number of hydrogen-bond donors (Lipinski definition) is 2. The van der Waals surface area contributed by atoms with Gasteiger partial charge in [-0.25, -0.2) is 0 Å². The first-order chi connectivity index (χ1) is 19.8. The zero-order chi connectivity index (χ0) is 28.6. The third kappa shape index (κ3) is 4.55. The van der Waals surface area contributed by atoms with Crippen LogP contribution in [0.25, 0.3) is 22.5 Å². The molecule has 1 amide bonds. The quantitative estimate of drug-likeness (QED) is 0.191. The summed E-state index contributed by atoms with van der Waals surface area (Å²) in [5.41, 5.74) is 2.90. The van der Waals surface area contributed by atoms with E-state index in [1.165, 1.54) is 0 Å². The Labute approximate surface area is 236 Å². The number of nitrogens with zero attached hydrogens (tertiary/aromatic N) is 4. The molecule has 5 aromatic rings. The number of nitro groups is 1. The summed E-state index contributed by atoms with van der Waals surface area (Å²) in [4.78, 5) is 35.3. The van der Waals surface area contributed by atoms with Crippen LogP contribution in [0.4, 0.5) is 5.95 Å². The molecule has 1 aliphatic rings. The van der Waals surface area contributed by atoms with E-state index in [0.29, 0.717) is 23.4 Å². The zero-order valence-electron chi connectivity index (χ0n) is 22.7. The Morgan fingerprint density at radius 2 is 1.59 bits per heavy atom. The smallest absolute Gasteiger partial charge is 0.273 e. The number of hydrogen-bond acceptors (Lipinski definition) is 6. The summed E-state index contributed by atoms with van der Waals surface area (Å²) >= 11 is 0. The van der Waals surface area contributed by atoms with Gasteiger partial charge in [-0.1, -0.05) is 92.7 Å². The number of rotatable bonds is 7. The standard InChI is InChI=1S/C32H28N6O3/c1-31(2,20-32(38(40)41)26-14-8-6-12-22(26)18-23-13-7-9-15-27(23)32)29(39)35-30-34-28(36-37-30)24-16-17-33-19-25(24)21-10-4-3-5-11-21/h3-17,19H,18,20H2,1-2H3,(H2,34,35,36,37,39). The van der Waals surface area contributed by atoms with Crippen LogP contribution in [0.3, 0.4) is 0 Å². The summed E-state index contributed by atoms with van der Waals surface area (Å²) in [7, 11) is 0. The largest absolute Gasteiger partial charge is 0.293 e. The van der Waals surface area contributed by atoms with Crippen LogP contribution < -0.4 is 5.32 Å². The van der Waals surface area contributed by atoms with Gasteiger partial charge in [0.2, 0.25) is 11.9 Å². The van der Waals surface area contributed by atoms with E-state index in [2.05, 4.69) is 25.5 Å². The van der Waals surface area contributed by atoms with E-state index in [1.54, 1.807) is 26.2 Å². The van der Waals surface area contributed by atoms with Gasteiger partial charge < -0.3 is 0 Å². The molecule has 2 aromatic heterocycles. The number of carbonyl (C=O) groups excluding carboxylic acids is 1. The van der Waals surface area contributed by atoms with Gasteiger partial charge in [0.15, 0.2) is 5.82 Å². The predicted octanol–water partition coefficient (Wildman–Crippen LogP) is 6.01. The average molecular weight is 545 g/mol. The van der Waals surface area contributed by atoms with Gasteiger partial charge >= 0.3 is 0 Å². The van der Waals surface area contributed by atoms with E-state index in [9.17, 15) is 14.9 Å². The molecule has 3 aromatic carbocycles. The Morgan fingerprint density at radius 3 is 2.24 bits per heavy atom. The van der Waals surface area contributed by atoms with Gasteiger partial charge in [-0.05, 0) is 29.2 Å². The van der Waals surface area contributed by atoms with E-state index in [0.717, 1.165) is 27.8 Å². The summed E-state index contributed by atoms with van der Waals surface area (Å²) in [6.45, 7) is 3.44. The summed E-state index contributed by atoms with van der Waals surface area (Å²) in [6.07, 6.45) is 3.98. The molecule has 6 rings (SSSR count). The fraction of sp³-hybridized carbons (Fsp3) is 0.188. The van der Waals surface area contributed by atoms with Crippen molar-refractivity contribution in [3.8, 4) is 22.5 Å². The molecule has 204 valence electrons. The van der Waals surface area contributed by atoms with Crippen molar-refractivity contribution in [2.75, 3.05) is 5.32 Å². The number of amides is 1. The number of aromatic nitrogens is 4. The first kappa shape index (κ1) is 26.1. The monoisotopic (exact) mass is 544 g/mol. The van der Waals surface area contributed by atoms with E-state index >= 15 is 0 Å². The molecule has 0 unspecified atom stereocenters. The highest BCUT2D eigenvalue weighted by Crippen LogP contribution is 2.48. The van der Waals surface area contributed by atoms with Crippen LogP contribution in [-0.2, 0) is 16.8 Å². The third-order valence-corrected chi connectivity index (χ3v) is 7.80. The maximum Gasteiger partial charge on any atom is 0.273 e. The summed E-state index contributed by atoms with van der Waals surface area (Å²) in [5, 5.41) is 22.9. The Balaban J connectivity index is 1.31. The van der Waals surface area contributed by atoms with Crippen molar-refractivity contribution in [3.05, 3.63) is 130 Å². The lowest BCUT2D eigenvalue weighted by atomic mass is 9.65. The van der Waals surface area contributed by atoms with Gasteiger partial charge in [0, 0.05) is 46.0 Å². The van der Waals surface area contributed by atoms with Gasteiger partial charge in [0.1, 0.15) is 0 Å². The number of fused-ring (bicyclic) bond motifs is 2. The van der Waals surface area contributed by atoms with Crippen LogP contribution in [-0.4, -0.2) is 31.0 Å². The average Bonchev–Trinajstić information content (AvgIpc) is 3.45. The van der Waals surface area contributed by atoms with Gasteiger partial charge in [0.05, 0.1) is 5.41 Å². The molecule has 1 aliphatic carbocycles. The SMILES string of the molecule is CC(C)(CC1([N+](=O)[O-])c2ccccc2Cc2ccccc21)C(=O)Nc1n[nH]c(-c2ccncc2-c2ccccc2)n1. The van der Waals surface area contributed by atoms with Crippen LogP contribution in [0.1, 0.15) is 42.5 Å². The molecule has 9 heteroatoms. The minimum Gasteiger partial charge on any atom is -0.293 e. The number of nitrogens with one attached hydrogen (secondary N) is 2. The Morgan fingerprint density at radius 1 is 0.951 bits per heavy atom. The normalized spacial score (nSPS) is 13.6. The molecule has 0 aliphatic heterocycles. The van der Waals surface area contributed by atoms with Crippen LogP contribution in [0.5, 0.6) is 0 Å². The van der Waals surface area contributed by atoms with Crippen LogP contribution in [0, 0.1) is 15.5 Å². The third-order valence-electron chi connectivity index (χ3n) is 7.80. The maximum atomic E-state index is 13.7. The first-order valence-electron chi connectivity index (χ1n) is 13.3. The van der Waals surface area contributed by atoms with Crippen LogP contribution in [0.15, 0.2) is 97.3 Å². The second-order valence-corrected chi connectivity index (χ2v) is 10.9. The highest BCUT2D eigenvalue weighted by molar-refractivity contribution is 5.94. The molecule has 0 saturated carbocycles. The Kier molecular flexibility index (Phi) is 6.42. The van der Waals surface area contributed by atoms with Crippen molar-refractivity contribution < 1.29 is 9.72 Å². The first-order valence-corrected chi connectivity index (χ1v) is 13.3. The number of carbonyl (C=O) groups is 1. The van der Waals surface area contributed by atoms with Gasteiger partial charge in [-0.3, -0.25) is 30.3 Å². The zero-order valence-corrected chi connectivity index (χ0v) is 22.7. The second kappa shape index (κ2) is 10.1. The van der Waals surface area contributed by atoms with Crippen molar-refractivity contribution in [1.82, 2.24) is 20.2 Å². The molecule has 9 nitrogen and oxygen atoms in total. The van der Waals surface area contributed by atoms with E-state index < -0.39 is 16.9 Å². The number of anilines is 1. The van der Waals surface area contributed by atoms with Crippen LogP contribution >= 0.6 is 0 Å². The lowest BCUT2D eigenvalue weighted by Crippen LogP contribution is -2.47. The number of benzene rings is 3. The number of H-pyrrole nitrogens is 1. The molecule has 0 bridgehead atoms. The lowest BCUT2D eigenvalue weighted by molar-refractivity contribution is -0.570. The van der Waals surface area contributed by atoms with Crippen molar-refractivity contribution in [2.45, 2.75) is 32.2 Å². The topological polar surface area (TPSA) is 127 Å². The number of pyridine rings is 1. The Hall–Kier alpha value is -5.18. The summed E-state index contributed by atoms with van der Waals surface area (Å²) in [5.74, 6) is 0.146. The van der Waals surface area contributed by atoms with Gasteiger partial charge in [-0.15, -0.1) is 5.10 Å². The molecule has 0 spiro atoms. The summed E-state index contributed by atoms with van der Waals surface area (Å²) < 4.78 is 0. The highest BCUT2D eigenvalue weighted by Gasteiger charge is 2.55. The summed E-state index contributed by atoms with van der Waals surface area (Å²) in [6, 6.07) is 26.5. The van der Waals surface area contributed by atoms with Gasteiger partial charge in [-0.2, -0.15) is 4.98 Å². The number of aromatic amines is 1. The van der Waals surface area contributed by atoms with Gasteiger partial charge in [0.25, 0.3) is 5.54 Å². The lowest BCUT2D eigenvalue weighted by Gasteiger charge is -2.37. The van der Waals surface area contributed by atoms with E-state index in [1.807, 2.05) is 84.9 Å². The molecular formula is C32H28N6O3. The minimum atomic E-state index is -1.59. The highest BCUT2D eigenvalue weighted by atomic mass is 16.6. The fourth-order valence-electron chi connectivity index (χ4n) is 5.84. The van der Waals surface area contributed by atoms with Crippen molar-refractivity contribution >= 4 is 11.9 Å². The molecule has 2 N–H and O–H groups in total.